The minimum absolute atomic E-state index is 0.0961. The number of nitrogens with zero attached hydrogens (tertiary/aromatic N) is 1. The van der Waals surface area contributed by atoms with E-state index < -0.39 is 46.1 Å². The molecule has 2 aromatic carbocycles. The normalized spacial score (nSPS) is 11.3. The number of rotatable bonds is 7. The molecule has 1 aromatic heterocycles. The smallest absolute Gasteiger partial charge is 0.373 e. The number of aliphatic hydroxyl groups excluding tert-OH is 1. The van der Waals surface area contributed by atoms with E-state index in [-0.39, 0.29) is 29.7 Å². The van der Waals surface area contributed by atoms with E-state index in [0.29, 0.717) is 12.1 Å². The van der Waals surface area contributed by atoms with Crippen LogP contribution in [0.1, 0.15) is 27.0 Å². The lowest BCUT2D eigenvalue weighted by molar-refractivity contribution is -0.139. The second kappa shape index (κ2) is 9.99. The minimum Gasteiger partial charge on any atom is -0.502 e. The van der Waals surface area contributed by atoms with E-state index >= 15 is 0 Å². The van der Waals surface area contributed by atoms with Gasteiger partial charge in [0, 0.05) is 30.3 Å². The van der Waals surface area contributed by atoms with Crippen molar-refractivity contribution in [2.45, 2.75) is 13.0 Å². The maximum atomic E-state index is 14.2. The van der Waals surface area contributed by atoms with E-state index in [4.69, 9.17) is 0 Å². The van der Waals surface area contributed by atoms with Crippen LogP contribution >= 0.6 is 0 Å². The summed E-state index contributed by atoms with van der Waals surface area (Å²) in [6, 6.07) is 9.88. The van der Waals surface area contributed by atoms with Crippen molar-refractivity contribution < 1.29 is 32.6 Å². The Morgan fingerprint density at radius 2 is 1.76 bits per heavy atom. The first-order valence-corrected chi connectivity index (χ1v) is 9.63. The van der Waals surface area contributed by atoms with Crippen molar-refractivity contribution in [1.82, 2.24) is 4.57 Å². The van der Waals surface area contributed by atoms with Gasteiger partial charge < -0.3 is 14.4 Å². The summed E-state index contributed by atoms with van der Waals surface area (Å²) in [6.07, 6.45) is 1.74. The van der Waals surface area contributed by atoms with Gasteiger partial charge in [0.25, 0.3) is 5.56 Å². The van der Waals surface area contributed by atoms with Crippen LogP contribution in [0.2, 0.25) is 0 Å². The summed E-state index contributed by atoms with van der Waals surface area (Å²) in [6.45, 7) is -0.238. The molecule has 0 saturated carbocycles. The SMILES string of the molecule is COC(=O)C(O)=CC(=O)c1cc(Cc2ccc(F)cc2F)cn(Cc2ccccc2F)c1=O. The lowest BCUT2D eigenvalue weighted by Gasteiger charge is -2.12. The Morgan fingerprint density at radius 1 is 1.03 bits per heavy atom. The van der Waals surface area contributed by atoms with Crippen molar-refractivity contribution in [3.05, 3.63) is 117 Å². The molecule has 0 aliphatic rings. The zero-order valence-corrected chi connectivity index (χ0v) is 17.3. The highest BCUT2D eigenvalue weighted by Crippen LogP contribution is 2.16. The number of hydrogen-bond donors (Lipinski definition) is 1. The van der Waals surface area contributed by atoms with E-state index in [1.807, 2.05) is 0 Å². The molecule has 0 fully saturated rings. The van der Waals surface area contributed by atoms with Gasteiger partial charge in [0.2, 0.25) is 5.76 Å². The van der Waals surface area contributed by atoms with Crippen LogP contribution in [0.15, 0.2) is 71.4 Å². The van der Waals surface area contributed by atoms with Crippen molar-refractivity contribution in [2.24, 2.45) is 0 Å². The third-order valence-electron chi connectivity index (χ3n) is 4.78. The Morgan fingerprint density at radius 3 is 2.42 bits per heavy atom. The first kappa shape index (κ1) is 23.5. The van der Waals surface area contributed by atoms with Gasteiger partial charge in [-0.15, -0.1) is 0 Å². The van der Waals surface area contributed by atoms with Gasteiger partial charge in [-0.1, -0.05) is 24.3 Å². The minimum atomic E-state index is -1.18. The number of aromatic nitrogens is 1. The van der Waals surface area contributed by atoms with E-state index in [9.17, 15) is 32.7 Å². The van der Waals surface area contributed by atoms with Gasteiger partial charge in [-0.25, -0.2) is 18.0 Å². The molecule has 0 radical (unpaired) electrons. The molecule has 9 heteroatoms. The number of hydrogen-bond acceptors (Lipinski definition) is 5. The number of allylic oxidation sites excluding steroid dienone is 1. The number of halogens is 3. The van der Waals surface area contributed by atoms with Gasteiger partial charge in [0.1, 0.15) is 17.5 Å². The summed E-state index contributed by atoms with van der Waals surface area (Å²) in [4.78, 5) is 37.0. The topological polar surface area (TPSA) is 85.6 Å². The fourth-order valence-electron chi connectivity index (χ4n) is 3.15. The summed E-state index contributed by atoms with van der Waals surface area (Å²) in [5.41, 5.74) is -0.719. The lowest BCUT2D eigenvalue weighted by Crippen LogP contribution is -2.27. The van der Waals surface area contributed by atoms with Gasteiger partial charge in [0.15, 0.2) is 5.78 Å². The Labute approximate surface area is 186 Å². The number of pyridine rings is 1. The molecule has 3 rings (SSSR count). The predicted molar refractivity (Wildman–Crippen MR) is 112 cm³/mol. The van der Waals surface area contributed by atoms with Crippen molar-refractivity contribution in [2.75, 3.05) is 7.11 Å². The summed E-state index contributed by atoms with van der Waals surface area (Å²) in [7, 11) is 0.996. The zero-order chi connectivity index (χ0) is 24.1. The van der Waals surface area contributed by atoms with Crippen LogP contribution in [-0.4, -0.2) is 28.5 Å². The second-order valence-corrected chi connectivity index (χ2v) is 7.08. The molecule has 0 amide bonds. The first-order valence-electron chi connectivity index (χ1n) is 9.63. The molecule has 0 atom stereocenters. The number of methoxy groups -OCH3 is 1. The van der Waals surface area contributed by atoms with Gasteiger partial charge in [-0.3, -0.25) is 9.59 Å². The Balaban J connectivity index is 2.10. The highest BCUT2D eigenvalue weighted by Gasteiger charge is 2.18. The number of benzene rings is 2. The number of carbonyl (C=O) groups is 2. The molecule has 0 bridgehead atoms. The summed E-state index contributed by atoms with van der Waals surface area (Å²) >= 11 is 0. The standard InChI is InChI=1S/C24H18F3NO5/c1-33-24(32)22(30)11-21(29)18-9-14(8-15-6-7-17(25)10-20(15)27)12-28(23(18)31)13-16-4-2-3-5-19(16)26/h2-7,9-12,30H,8,13H2,1H3. The number of esters is 1. The first-order chi connectivity index (χ1) is 15.7. The van der Waals surface area contributed by atoms with Gasteiger partial charge in [-0.05, 0) is 29.3 Å². The highest BCUT2D eigenvalue weighted by molar-refractivity contribution is 6.07. The van der Waals surface area contributed by atoms with E-state index in [1.165, 1.54) is 36.5 Å². The van der Waals surface area contributed by atoms with Crippen molar-refractivity contribution in [3.63, 3.8) is 0 Å². The van der Waals surface area contributed by atoms with Crippen LogP contribution in [-0.2, 0) is 22.5 Å². The molecular formula is C24H18F3NO5. The van der Waals surface area contributed by atoms with E-state index in [0.717, 1.165) is 17.7 Å². The molecule has 3 aromatic rings. The third-order valence-corrected chi connectivity index (χ3v) is 4.78. The second-order valence-electron chi connectivity index (χ2n) is 7.08. The van der Waals surface area contributed by atoms with Crippen molar-refractivity contribution in [1.29, 1.82) is 0 Å². The lowest BCUT2D eigenvalue weighted by atomic mass is 10.0. The number of aliphatic hydroxyl groups is 1. The molecule has 6 nitrogen and oxygen atoms in total. The average Bonchev–Trinajstić information content (AvgIpc) is 2.78. The quantitative estimate of drug-likeness (QED) is 0.253. The maximum absolute atomic E-state index is 14.2. The molecule has 0 aliphatic heterocycles. The summed E-state index contributed by atoms with van der Waals surface area (Å²) in [5, 5.41) is 9.67. The zero-order valence-electron chi connectivity index (χ0n) is 17.3. The van der Waals surface area contributed by atoms with Crippen LogP contribution in [0, 0.1) is 17.5 Å². The molecule has 1 heterocycles. The summed E-state index contributed by atoms with van der Waals surface area (Å²) in [5.74, 6) is -5.36. The van der Waals surface area contributed by atoms with Gasteiger partial charge >= 0.3 is 5.97 Å². The highest BCUT2D eigenvalue weighted by atomic mass is 19.1. The molecule has 0 saturated heterocycles. The molecule has 0 aliphatic carbocycles. The van der Waals surface area contributed by atoms with Crippen LogP contribution in [0.4, 0.5) is 13.2 Å². The van der Waals surface area contributed by atoms with Gasteiger partial charge in [0.05, 0.1) is 19.2 Å². The third kappa shape index (κ3) is 5.57. The van der Waals surface area contributed by atoms with Crippen LogP contribution in [0.3, 0.4) is 0 Å². The van der Waals surface area contributed by atoms with Crippen molar-refractivity contribution >= 4 is 11.8 Å². The Bertz CT molecular complexity index is 1310. The van der Waals surface area contributed by atoms with Crippen molar-refractivity contribution in [3.8, 4) is 0 Å². The Hall–Kier alpha value is -4.14. The largest absolute Gasteiger partial charge is 0.502 e. The number of ether oxygens (including phenoxy) is 1. The molecule has 1 N–H and O–H groups in total. The van der Waals surface area contributed by atoms with Crippen LogP contribution in [0.25, 0.3) is 0 Å². The van der Waals surface area contributed by atoms with E-state index in [2.05, 4.69) is 4.74 Å². The van der Waals surface area contributed by atoms with Gasteiger partial charge in [-0.2, -0.15) is 0 Å². The number of carbonyl (C=O) groups excluding carboxylic acids is 2. The molecular weight excluding hydrogens is 439 g/mol. The predicted octanol–water partition coefficient (Wildman–Crippen LogP) is 3.70. The monoisotopic (exact) mass is 457 g/mol. The summed E-state index contributed by atoms with van der Waals surface area (Å²) < 4.78 is 46.9. The molecule has 33 heavy (non-hydrogen) atoms. The fraction of sp³-hybridized carbons (Fsp3) is 0.125. The van der Waals surface area contributed by atoms with E-state index in [1.54, 1.807) is 6.07 Å². The molecule has 0 unspecified atom stereocenters. The molecule has 0 spiro atoms. The van der Waals surface area contributed by atoms with Crippen LogP contribution < -0.4 is 5.56 Å². The average molecular weight is 457 g/mol. The molecule has 170 valence electrons. The Kier molecular flexibility index (Phi) is 7.12. The number of ketones is 1. The van der Waals surface area contributed by atoms with Crippen LogP contribution in [0.5, 0.6) is 0 Å². The maximum Gasteiger partial charge on any atom is 0.373 e. The fourth-order valence-corrected chi connectivity index (χ4v) is 3.15.